The molecule has 1 amide bonds. The number of phosphoric ester groups is 1. The average Bonchev–Trinajstić information content (AvgIpc) is 3.50. The third kappa shape index (κ3) is 9.16. The average molecular weight is 653 g/mol. The number of carbonyl (C=O) groups is 1. The molecule has 2 aromatic heterocycles. The number of aliphatic hydroxyl groups is 2. The number of anilines is 1. The standard InChI is InChI=1S/C25H42ClN6O8PS/c1-9-15-19(26)32(14-38-41(36,39-24(2,3)4)40-25(5,6)7)20(27-15)21(35)28-16-10-11-31(12-18(16)37-8)23-30-29-22(42-23)17(34)13-33/h16-18,33-34H,9-14H2,1-8H3,(H,28,35)/t16-,17+,18+/m1/s1. The SMILES string of the molecule is CCc1nc(C(=O)N[C@@H]2CCN(c3nnc([C@@H](O)CO)s3)C[C@@H]2OC)n(COP(=O)(OC(C)(C)C)OC(C)(C)C)c1Cl. The third-order valence-electron chi connectivity index (χ3n) is 5.96. The highest BCUT2D eigenvalue weighted by Gasteiger charge is 2.38. The van der Waals surface area contributed by atoms with Gasteiger partial charge in [0.2, 0.25) is 11.0 Å². The minimum absolute atomic E-state index is 0.0149. The number of rotatable bonds is 12. The van der Waals surface area contributed by atoms with Gasteiger partial charge in [-0.05, 0) is 54.4 Å². The van der Waals surface area contributed by atoms with Gasteiger partial charge in [-0.1, -0.05) is 29.9 Å². The fraction of sp³-hybridized carbons (Fsp3) is 0.760. The first-order valence-electron chi connectivity index (χ1n) is 13.6. The number of hydrogen-bond donors (Lipinski definition) is 3. The molecule has 1 fully saturated rings. The molecule has 238 valence electrons. The van der Waals surface area contributed by atoms with Crippen molar-refractivity contribution in [2.24, 2.45) is 0 Å². The monoisotopic (exact) mass is 652 g/mol. The summed E-state index contributed by atoms with van der Waals surface area (Å²) in [5, 5.41) is 31.2. The van der Waals surface area contributed by atoms with E-state index in [-0.39, 0.29) is 17.0 Å². The van der Waals surface area contributed by atoms with Gasteiger partial charge in [0.1, 0.15) is 23.0 Å². The number of nitrogens with zero attached hydrogens (tertiary/aromatic N) is 5. The summed E-state index contributed by atoms with van der Waals surface area (Å²) in [6.45, 7) is 12.3. The normalized spacial score (nSPS) is 19.3. The largest absolute Gasteiger partial charge is 0.477 e. The molecule has 42 heavy (non-hydrogen) atoms. The van der Waals surface area contributed by atoms with Crippen molar-refractivity contribution in [3.05, 3.63) is 21.7 Å². The minimum Gasteiger partial charge on any atom is -0.393 e. The maximum atomic E-state index is 13.6. The summed E-state index contributed by atoms with van der Waals surface area (Å²) in [7, 11) is -2.54. The van der Waals surface area contributed by atoms with Crippen molar-refractivity contribution in [2.75, 3.05) is 31.7 Å². The van der Waals surface area contributed by atoms with Gasteiger partial charge >= 0.3 is 7.82 Å². The lowest BCUT2D eigenvalue weighted by Gasteiger charge is -2.37. The van der Waals surface area contributed by atoms with Crippen molar-refractivity contribution in [1.29, 1.82) is 0 Å². The van der Waals surface area contributed by atoms with Crippen molar-refractivity contribution >= 4 is 41.8 Å². The zero-order valence-electron chi connectivity index (χ0n) is 25.3. The lowest BCUT2D eigenvalue weighted by atomic mass is 10.0. The van der Waals surface area contributed by atoms with Crippen LogP contribution in [0.4, 0.5) is 5.13 Å². The van der Waals surface area contributed by atoms with Crippen molar-refractivity contribution in [3.8, 4) is 0 Å². The summed E-state index contributed by atoms with van der Waals surface area (Å²) in [6, 6.07) is -0.372. The Kier molecular flexibility index (Phi) is 11.6. The van der Waals surface area contributed by atoms with E-state index in [1.807, 2.05) is 11.8 Å². The molecule has 3 atom stereocenters. The first-order chi connectivity index (χ1) is 19.5. The van der Waals surface area contributed by atoms with Crippen LogP contribution in [0.2, 0.25) is 5.15 Å². The van der Waals surface area contributed by atoms with Gasteiger partial charge in [-0.25, -0.2) is 9.55 Å². The highest BCUT2D eigenvalue weighted by molar-refractivity contribution is 7.48. The summed E-state index contributed by atoms with van der Waals surface area (Å²) < 4.78 is 37.7. The Morgan fingerprint density at radius 2 is 1.86 bits per heavy atom. The van der Waals surface area contributed by atoms with E-state index in [4.69, 9.17) is 29.9 Å². The fourth-order valence-electron chi connectivity index (χ4n) is 4.16. The second-order valence-electron chi connectivity index (χ2n) is 11.8. The first kappa shape index (κ1) is 34.8. The van der Waals surface area contributed by atoms with Gasteiger partial charge in [0.25, 0.3) is 5.91 Å². The molecule has 3 rings (SSSR count). The predicted molar refractivity (Wildman–Crippen MR) is 158 cm³/mol. The van der Waals surface area contributed by atoms with Crippen molar-refractivity contribution in [1.82, 2.24) is 25.1 Å². The highest BCUT2D eigenvalue weighted by Crippen LogP contribution is 2.55. The fourth-order valence-corrected chi connectivity index (χ4v) is 7.07. The molecule has 0 spiro atoms. The molecule has 0 bridgehead atoms. The summed E-state index contributed by atoms with van der Waals surface area (Å²) in [6.07, 6.45) is -0.525. The van der Waals surface area contributed by atoms with E-state index >= 15 is 0 Å². The van der Waals surface area contributed by atoms with E-state index in [9.17, 15) is 19.6 Å². The number of ether oxygens (including phenoxy) is 1. The number of carbonyl (C=O) groups excluding carboxylic acids is 1. The number of nitrogens with one attached hydrogen (secondary N) is 1. The van der Waals surface area contributed by atoms with Crippen LogP contribution in [0.25, 0.3) is 0 Å². The highest BCUT2D eigenvalue weighted by atomic mass is 35.5. The van der Waals surface area contributed by atoms with Crippen molar-refractivity contribution in [2.45, 2.75) is 97.5 Å². The summed E-state index contributed by atoms with van der Waals surface area (Å²) in [4.78, 5) is 19.9. The number of aromatic nitrogens is 4. The molecule has 1 aliphatic heterocycles. The van der Waals surface area contributed by atoms with Crippen molar-refractivity contribution in [3.63, 3.8) is 0 Å². The Bertz CT molecular complexity index is 1240. The summed E-state index contributed by atoms with van der Waals surface area (Å²) in [5.74, 6) is -0.521. The van der Waals surface area contributed by atoms with E-state index in [1.54, 1.807) is 48.7 Å². The molecule has 3 N–H and O–H groups in total. The lowest BCUT2D eigenvalue weighted by Crippen LogP contribution is -2.55. The number of piperidine rings is 1. The molecule has 0 unspecified atom stereocenters. The second kappa shape index (κ2) is 14.0. The predicted octanol–water partition coefficient (Wildman–Crippen LogP) is 3.71. The van der Waals surface area contributed by atoms with Gasteiger partial charge in [-0.2, -0.15) is 0 Å². The summed E-state index contributed by atoms with van der Waals surface area (Å²) in [5.41, 5.74) is -1.20. The third-order valence-corrected chi connectivity index (χ3v) is 9.44. The molecule has 3 heterocycles. The lowest BCUT2D eigenvalue weighted by molar-refractivity contribution is -0.00651. The molecule has 0 aliphatic carbocycles. The van der Waals surface area contributed by atoms with Gasteiger partial charge in [0.15, 0.2) is 0 Å². The van der Waals surface area contributed by atoms with Crippen LogP contribution in [0.5, 0.6) is 0 Å². The molecule has 0 saturated carbocycles. The van der Waals surface area contributed by atoms with E-state index in [0.29, 0.717) is 41.8 Å². The van der Waals surface area contributed by atoms with Gasteiger partial charge < -0.3 is 25.2 Å². The van der Waals surface area contributed by atoms with Crippen LogP contribution in [0.15, 0.2) is 0 Å². The Labute approximate surface area is 255 Å². The number of aryl methyl sites for hydroxylation is 1. The molecule has 2 aromatic rings. The van der Waals surface area contributed by atoms with Crippen molar-refractivity contribution < 1.29 is 37.9 Å². The Morgan fingerprint density at radius 3 is 2.40 bits per heavy atom. The zero-order valence-corrected chi connectivity index (χ0v) is 27.8. The number of hydrogen-bond acceptors (Lipinski definition) is 13. The molecular formula is C25H42ClN6O8PS. The van der Waals surface area contributed by atoms with Crippen LogP contribution >= 0.6 is 30.8 Å². The van der Waals surface area contributed by atoms with E-state index in [1.165, 1.54) is 15.9 Å². The van der Waals surface area contributed by atoms with Crippen LogP contribution in [0.3, 0.4) is 0 Å². The topological polar surface area (TPSA) is 170 Å². The minimum atomic E-state index is -4.09. The van der Waals surface area contributed by atoms with Gasteiger partial charge in [0, 0.05) is 20.2 Å². The number of halogens is 1. The van der Waals surface area contributed by atoms with E-state index in [0.717, 1.165) is 0 Å². The Morgan fingerprint density at radius 1 is 1.21 bits per heavy atom. The molecular weight excluding hydrogens is 611 g/mol. The molecule has 17 heteroatoms. The number of imidazole rings is 1. The van der Waals surface area contributed by atoms with Crippen LogP contribution < -0.4 is 10.2 Å². The van der Waals surface area contributed by atoms with Crippen LogP contribution in [-0.4, -0.2) is 86.0 Å². The number of phosphoric acid groups is 1. The van der Waals surface area contributed by atoms with Gasteiger partial charge in [-0.3, -0.25) is 22.9 Å². The van der Waals surface area contributed by atoms with Gasteiger partial charge in [0.05, 0.1) is 35.6 Å². The molecule has 0 aromatic carbocycles. The Hall–Kier alpha value is -1.68. The summed E-state index contributed by atoms with van der Waals surface area (Å²) >= 11 is 7.77. The molecule has 1 aliphatic rings. The second-order valence-corrected chi connectivity index (χ2v) is 14.6. The number of methoxy groups -OCH3 is 1. The maximum Gasteiger partial charge on any atom is 0.477 e. The van der Waals surface area contributed by atoms with E-state index in [2.05, 4.69) is 20.5 Å². The molecule has 1 saturated heterocycles. The Balaban J connectivity index is 1.77. The smallest absolute Gasteiger partial charge is 0.393 e. The van der Waals surface area contributed by atoms with E-state index < -0.39 is 50.5 Å². The molecule has 14 nitrogen and oxygen atoms in total. The van der Waals surface area contributed by atoms with Crippen LogP contribution in [-0.2, 0) is 36.0 Å². The maximum absolute atomic E-state index is 13.6. The quantitative estimate of drug-likeness (QED) is 0.284. The number of amides is 1. The van der Waals surface area contributed by atoms with Crippen LogP contribution in [0.1, 0.15) is 82.3 Å². The zero-order chi connectivity index (χ0) is 31.5. The first-order valence-corrected chi connectivity index (χ1v) is 16.3. The van der Waals surface area contributed by atoms with Gasteiger partial charge in [-0.15, -0.1) is 10.2 Å². The molecule has 0 radical (unpaired) electrons. The number of aliphatic hydroxyl groups excluding tert-OH is 2. The van der Waals surface area contributed by atoms with Crippen LogP contribution in [0, 0.1) is 0 Å².